The maximum Gasteiger partial charge on any atom is 0.288 e. The number of thiazole rings is 1. The van der Waals surface area contributed by atoms with Crippen LogP contribution in [0.4, 0.5) is 5.69 Å². The fraction of sp³-hybridized carbons (Fsp3) is 0.172. The second-order valence-electron chi connectivity index (χ2n) is 9.08. The van der Waals surface area contributed by atoms with Crippen LogP contribution in [-0.2, 0) is 6.42 Å². The fourth-order valence-electron chi connectivity index (χ4n) is 5.15. The summed E-state index contributed by atoms with van der Waals surface area (Å²) in [4.78, 5) is 30.3. The number of fused-ring (bicyclic) bond motifs is 3. The van der Waals surface area contributed by atoms with Gasteiger partial charge in [0.1, 0.15) is 10.8 Å². The van der Waals surface area contributed by atoms with E-state index in [2.05, 4.69) is 12.1 Å². The van der Waals surface area contributed by atoms with Crippen LogP contribution in [0.25, 0.3) is 11.8 Å². The van der Waals surface area contributed by atoms with E-state index in [1.165, 1.54) is 29.0 Å². The van der Waals surface area contributed by atoms with Gasteiger partial charge in [-0.2, -0.15) is 0 Å². The first kappa shape index (κ1) is 24.3. The van der Waals surface area contributed by atoms with Crippen molar-refractivity contribution in [2.45, 2.75) is 25.8 Å². The van der Waals surface area contributed by atoms with E-state index < -0.39 is 4.92 Å². The molecular weight excluding hydrogens is 522 g/mol. The Balaban J connectivity index is 1.57. The van der Waals surface area contributed by atoms with Gasteiger partial charge in [-0.1, -0.05) is 65.4 Å². The van der Waals surface area contributed by atoms with E-state index in [1.807, 2.05) is 43.3 Å². The van der Waals surface area contributed by atoms with Crippen molar-refractivity contribution in [1.82, 2.24) is 4.57 Å². The number of hydrogen-bond donors (Lipinski definition) is 0. The van der Waals surface area contributed by atoms with Gasteiger partial charge in [-0.05, 0) is 66.3 Å². The molecule has 1 aromatic heterocycles. The van der Waals surface area contributed by atoms with Crippen LogP contribution >= 0.6 is 22.9 Å². The molecule has 6 rings (SSSR count). The molecule has 0 bridgehead atoms. The monoisotopic (exact) mass is 543 g/mol. The van der Waals surface area contributed by atoms with Gasteiger partial charge in [0.05, 0.1) is 27.8 Å². The molecule has 3 aromatic carbocycles. The highest BCUT2D eigenvalue weighted by Crippen LogP contribution is 2.41. The highest BCUT2D eigenvalue weighted by atomic mass is 35.5. The van der Waals surface area contributed by atoms with Gasteiger partial charge in [-0.15, -0.1) is 0 Å². The van der Waals surface area contributed by atoms with Crippen LogP contribution in [0.5, 0.6) is 5.75 Å². The molecule has 1 atom stereocenters. The van der Waals surface area contributed by atoms with E-state index in [-0.39, 0.29) is 22.3 Å². The lowest BCUT2D eigenvalue weighted by Crippen LogP contribution is -2.38. The Morgan fingerprint density at radius 2 is 1.95 bits per heavy atom. The average molecular weight is 544 g/mol. The lowest BCUT2D eigenvalue weighted by atomic mass is 9.83. The summed E-state index contributed by atoms with van der Waals surface area (Å²) in [6.07, 6.45) is 3.33. The minimum atomic E-state index is -0.529. The number of nitro groups is 1. The van der Waals surface area contributed by atoms with E-state index in [0.29, 0.717) is 21.5 Å². The molecule has 2 aliphatic rings. The van der Waals surface area contributed by atoms with Gasteiger partial charge in [0.15, 0.2) is 4.80 Å². The topological polar surface area (TPSA) is 86.7 Å². The van der Waals surface area contributed by atoms with Gasteiger partial charge < -0.3 is 4.74 Å². The number of aromatic nitrogens is 1. The summed E-state index contributed by atoms with van der Waals surface area (Å²) in [5.41, 5.74) is 5.48. The third kappa shape index (κ3) is 4.15. The van der Waals surface area contributed by atoms with Crippen LogP contribution in [0, 0.1) is 10.1 Å². The van der Waals surface area contributed by atoms with Crippen molar-refractivity contribution < 1.29 is 9.66 Å². The van der Waals surface area contributed by atoms with Crippen LogP contribution < -0.4 is 19.6 Å². The van der Waals surface area contributed by atoms with Gasteiger partial charge in [-0.3, -0.25) is 19.5 Å². The Labute approximate surface area is 226 Å². The van der Waals surface area contributed by atoms with Gasteiger partial charge in [0.25, 0.3) is 11.2 Å². The molecule has 7 nitrogen and oxygen atoms in total. The average Bonchev–Trinajstić information content (AvgIpc) is 3.23. The maximum atomic E-state index is 13.9. The second kappa shape index (κ2) is 9.70. The molecular formula is C29H22ClN3O4S. The second-order valence-corrected chi connectivity index (χ2v) is 10.5. The summed E-state index contributed by atoms with van der Waals surface area (Å²) in [5.74, 6) is 0.774. The Morgan fingerprint density at radius 1 is 1.16 bits per heavy atom. The lowest BCUT2D eigenvalue weighted by Gasteiger charge is -2.30. The third-order valence-electron chi connectivity index (χ3n) is 6.84. The van der Waals surface area contributed by atoms with Crippen LogP contribution in [0.1, 0.15) is 41.6 Å². The molecule has 38 heavy (non-hydrogen) atoms. The number of nitro benzene ring substituents is 1. The summed E-state index contributed by atoms with van der Waals surface area (Å²) in [5, 5.41) is 11.4. The van der Waals surface area contributed by atoms with Crippen molar-refractivity contribution in [1.29, 1.82) is 0 Å². The Kier molecular flexibility index (Phi) is 6.21. The van der Waals surface area contributed by atoms with Gasteiger partial charge in [-0.25, -0.2) is 4.99 Å². The molecule has 9 heteroatoms. The minimum absolute atomic E-state index is 0.0513. The van der Waals surface area contributed by atoms with Gasteiger partial charge >= 0.3 is 0 Å². The number of allylic oxidation sites excluding steroid dienone is 1. The Hall–Kier alpha value is -4.01. The molecule has 0 spiro atoms. The molecule has 2 heterocycles. The number of halogens is 1. The van der Waals surface area contributed by atoms with E-state index in [1.54, 1.807) is 16.7 Å². The van der Waals surface area contributed by atoms with Crippen molar-refractivity contribution >= 4 is 40.4 Å². The minimum Gasteiger partial charge on any atom is -0.494 e. The molecule has 190 valence electrons. The normalized spacial score (nSPS) is 16.4. The summed E-state index contributed by atoms with van der Waals surface area (Å²) in [7, 11) is 0. The predicted octanol–water partition coefficient (Wildman–Crippen LogP) is 5.28. The number of rotatable bonds is 5. The number of ether oxygens (including phenoxy) is 1. The van der Waals surface area contributed by atoms with Gasteiger partial charge in [0, 0.05) is 11.6 Å². The van der Waals surface area contributed by atoms with E-state index in [4.69, 9.17) is 21.3 Å². The van der Waals surface area contributed by atoms with Crippen LogP contribution in [0.3, 0.4) is 0 Å². The molecule has 1 aliphatic heterocycles. The molecule has 1 unspecified atom stereocenters. The quantitative estimate of drug-likeness (QED) is 0.253. The van der Waals surface area contributed by atoms with E-state index in [9.17, 15) is 14.9 Å². The zero-order valence-corrected chi connectivity index (χ0v) is 22.0. The molecule has 0 saturated heterocycles. The largest absolute Gasteiger partial charge is 0.494 e. The Bertz CT molecular complexity index is 1800. The number of nitrogens with zero attached hydrogens (tertiary/aromatic N) is 3. The maximum absolute atomic E-state index is 13.9. The first-order chi connectivity index (χ1) is 18.4. The summed E-state index contributed by atoms with van der Waals surface area (Å²) >= 11 is 7.27. The molecule has 4 aromatic rings. The number of hydrogen-bond acceptors (Lipinski definition) is 6. The smallest absolute Gasteiger partial charge is 0.288 e. The number of benzene rings is 3. The third-order valence-corrected chi connectivity index (χ3v) is 8.15. The van der Waals surface area contributed by atoms with Crippen LogP contribution in [0.2, 0.25) is 5.02 Å². The van der Waals surface area contributed by atoms with Crippen molar-refractivity contribution in [3.8, 4) is 5.75 Å². The fourth-order valence-corrected chi connectivity index (χ4v) is 6.33. The van der Waals surface area contributed by atoms with Crippen molar-refractivity contribution in [2.24, 2.45) is 4.99 Å². The number of aryl methyl sites for hydroxylation is 1. The van der Waals surface area contributed by atoms with Crippen molar-refractivity contribution in [2.75, 3.05) is 6.61 Å². The predicted molar refractivity (Wildman–Crippen MR) is 148 cm³/mol. The standard InChI is InChI=1S/C29H22ClN3O4S/c1-2-37-20-11-8-19(9-12-20)27-22-13-10-18-5-3-4-6-21(18)26(22)31-29-32(27)28(34)25(38-29)16-17-7-14-23(30)24(15-17)33(35)36/h3-9,11-12,14-16,27H,2,10,13H2,1H3. The molecule has 0 radical (unpaired) electrons. The van der Waals surface area contributed by atoms with Crippen LogP contribution in [-0.4, -0.2) is 16.1 Å². The molecule has 0 amide bonds. The zero-order chi connectivity index (χ0) is 26.4. The SMILES string of the molecule is CCOc1ccc(C2C3=C(N=c4sc(=Cc5ccc(Cl)c([N+](=O)[O-])c5)c(=O)n42)c2ccccc2CC3)cc1. The Morgan fingerprint density at radius 3 is 2.71 bits per heavy atom. The van der Waals surface area contributed by atoms with Gasteiger partial charge in [0.2, 0.25) is 0 Å². The summed E-state index contributed by atoms with van der Waals surface area (Å²) in [6.45, 7) is 2.52. The lowest BCUT2D eigenvalue weighted by molar-refractivity contribution is -0.384. The molecule has 0 saturated carbocycles. The van der Waals surface area contributed by atoms with E-state index in [0.717, 1.165) is 41.0 Å². The first-order valence-corrected chi connectivity index (χ1v) is 13.4. The van der Waals surface area contributed by atoms with Crippen molar-refractivity contribution in [3.05, 3.63) is 129 Å². The van der Waals surface area contributed by atoms with Crippen molar-refractivity contribution in [3.63, 3.8) is 0 Å². The van der Waals surface area contributed by atoms with E-state index >= 15 is 0 Å². The highest BCUT2D eigenvalue weighted by Gasteiger charge is 2.32. The van der Waals surface area contributed by atoms with Crippen LogP contribution in [0.15, 0.2) is 82.1 Å². The zero-order valence-electron chi connectivity index (χ0n) is 20.4. The molecule has 1 aliphatic carbocycles. The molecule has 0 N–H and O–H groups in total. The summed E-state index contributed by atoms with van der Waals surface area (Å²) in [6, 6.07) is 20.3. The summed E-state index contributed by atoms with van der Waals surface area (Å²) < 4.78 is 7.84. The first-order valence-electron chi connectivity index (χ1n) is 12.2. The molecule has 0 fully saturated rings. The highest BCUT2D eigenvalue weighted by molar-refractivity contribution is 7.07.